The van der Waals surface area contributed by atoms with Crippen LogP contribution in [0.1, 0.15) is 54.6 Å². The highest BCUT2D eigenvalue weighted by atomic mass is 16.5. The van der Waals surface area contributed by atoms with Crippen molar-refractivity contribution in [2.24, 2.45) is 5.92 Å². The summed E-state index contributed by atoms with van der Waals surface area (Å²) >= 11 is 0. The molecular formula is C26H37N3O4. The lowest BCUT2D eigenvalue weighted by atomic mass is 9.96. The first-order valence-corrected chi connectivity index (χ1v) is 11.4. The third kappa shape index (κ3) is 6.46. The van der Waals surface area contributed by atoms with Gasteiger partial charge in [-0.05, 0) is 57.7 Å². The molecule has 1 aromatic carbocycles. The number of nitrogens with one attached hydrogen (secondary N) is 2. The summed E-state index contributed by atoms with van der Waals surface area (Å²) in [6.45, 7) is 12.3. The van der Waals surface area contributed by atoms with E-state index < -0.39 is 17.9 Å². The maximum atomic E-state index is 12.5. The summed E-state index contributed by atoms with van der Waals surface area (Å²) in [6, 6.07) is 6.43. The minimum absolute atomic E-state index is 0.0986. The van der Waals surface area contributed by atoms with E-state index in [1.54, 1.807) is 0 Å². The molecule has 180 valence electrons. The highest BCUT2D eigenvalue weighted by Gasteiger charge is 2.31. The summed E-state index contributed by atoms with van der Waals surface area (Å²) in [4.78, 5) is 29.7. The number of esters is 2. The number of methoxy groups -OCH3 is 2. The number of hydrogen-bond acceptors (Lipinski definition) is 7. The van der Waals surface area contributed by atoms with Gasteiger partial charge in [0.05, 0.1) is 14.2 Å². The number of pyridine rings is 1. The van der Waals surface area contributed by atoms with Crippen LogP contribution in [0.5, 0.6) is 0 Å². The van der Waals surface area contributed by atoms with E-state index in [4.69, 9.17) is 14.5 Å². The fraction of sp³-hybridized carbons (Fsp3) is 0.500. The third-order valence-electron chi connectivity index (χ3n) is 5.90. The summed E-state index contributed by atoms with van der Waals surface area (Å²) in [5.74, 6) is -1.75. The average molecular weight is 456 g/mol. The number of hydrogen-bond donors (Lipinski definition) is 2. The van der Waals surface area contributed by atoms with Crippen molar-refractivity contribution in [1.29, 1.82) is 0 Å². The van der Waals surface area contributed by atoms with E-state index in [1.807, 2.05) is 26.8 Å². The predicted molar refractivity (Wildman–Crippen MR) is 132 cm³/mol. The number of carbonyl (C=O) groups excluding carboxylic acids is 2. The van der Waals surface area contributed by atoms with Crippen LogP contribution in [0.15, 0.2) is 18.2 Å². The van der Waals surface area contributed by atoms with E-state index in [0.717, 1.165) is 46.6 Å². The lowest BCUT2D eigenvalue weighted by molar-refractivity contribution is -0.158. The molecule has 0 aliphatic carbocycles. The molecule has 0 atom stereocenters. The summed E-state index contributed by atoms with van der Waals surface area (Å²) in [7, 11) is 2.54. The van der Waals surface area contributed by atoms with E-state index in [2.05, 4.69) is 43.5 Å². The van der Waals surface area contributed by atoms with E-state index in [1.165, 1.54) is 19.8 Å². The molecule has 7 heteroatoms. The molecule has 0 aliphatic heterocycles. The SMILES string of the molecule is CCC(CC)Nc1cc(C)nc(Nc2c(C)cc(C)cc2C)c1CC(C(=O)OC)C(=O)OC. The van der Waals surface area contributed by atoms with Crippen LogP contribution in [0.3, 0.4) is 0 Å². The summed E-state index contributed by atoms with van der Waals surface area (Å²) in [5.41, 5.74) is 6.74. The standard InChI is InChI=1S/C26H37N3O4/c1-9-19(10-2)28-22-13-18(6)27-24(29-23-16(4)11-15(3)12-17(23)5)20(22)14-21(25(30)32-7)26(31)33-8/h11-13,19,21H,9-10,14H2,1-8H3,(H2,27,28,29). The Labute approximate surface area is 197 Å². The summed E-state index contributed by atoms with van der Waals surface area (Å²) in [5, 5.41) is 7.08. The Morgan fingerprint density at radius 2 is 1.48 bits per heavy atom. The van der Waals surface area contributed by atoms with Crippen LogP contribution in [0, 0.1) is 33.6 Å². The second-order valence-electron chi connectivity index (χ2n) is 8.50. The van der Waals surface area contributed by atoms with E-state index in [9.17, 15) is 9.59 Å². The molecule has 0 radical (unpaired) electrons. The Kier molecular flexibility index (Phi) is 9.26. The Morgan fingerprint density at radius 1 is 0.939 bits per heavy atom. The average Bonchev–Trinajstić information content (AvgIpc) is 2.78. The quantitative estimate of drug-likeness (QED) is 0.378. The van der Waals surface area contributed by atoms with Crippen molar-refractivity contribution in [2.45, 2.75) is 66.8 Å². The highest BCUT2D eigenvalue weighted by Crippen LogP contribution is 2.33. The Bertz CT molecular complexity index is 960. The Morgan fingerprint density at radius 3 is 1.97 bits per heavy atom. The normalized spacial score (nSPS) is 11.0. The molecule has 0 saturated carbocycles. The minimum atomic E-state index is -1.09. The fourth-order valence-corrected chi connectivity index (χ4v) is 4.10. The predicted octanol–water partition coefficient (Wildman–Crippen LogP) is 5.16. The highest BCUT2D eigenvalue weighted by molar-refractivity contribution is 5.95. The number of aromatic nitrogens is 1. The van der Waals surface area contributed by atoms with Crippen molar-refractivity contribution < 1.29 is 19.1 Å². The molecule has 0 bridgehead atoms. The number of nitrogens with zero attached hydrogens (tertiary/aromatic N) is 1. The molecule has 0 spiro atoms. The topological polar surface area (TPSA) is 89.5 Å². The number of rotatable bonds is 10. The van der Waals surface area contributed by atoms with Gasteiger partial charge in [0.1, 0.15) is 5.82 Å². The fourth-order valence-electron chi connectivity index (χ4n) is 4.10. The lowest BCUT2D eigenvalue weighted by Crippen LogP contribution is -2.29. The smallest absolute Gasteiger partial charge is 0.320 e. The number of aryl methyl sites for hydroxylation is 4. The second-order valence-corrected chi connectivity index (χ2v) is 8.50. The Hall–Kier alpha value is -3.09. The van der Waals surface area contributed by atoms with Crippen molar-refractivity contribution in [3.05, 3.63) is 46.1 Å². The zero-order valence-corrected chi connectivity index (χ0v) is 21.1. The second kappa shape index (κ2) is 11.7. The largest absolute Gasteiger partial charge is 0.468 e. The third-order valence-corrected chi connectivity index (χ3v) is 5.90. The first-order chi connectivity index (χ1) is 15.6. The van der Waals surface area contributed by atoms with Crippen LogP contribution in [0.25, 0.3) is 0 Å². The maximum Gasteiger partial charge on any atom is 0.320 e. The van der Waals surface area contributed by atoms with E-state index in [0.29, 0.717) is 5.82 Å². The van der Waals surface area contributed by atoms with Gasteiger partial charge in [0.15, 0.2) is 5.92 Å². The minimum Gasteiger partial charge on any atom is -0.468 e. The molecule has 0 saturated heterocycles. The number of benzene rings is 1. The van der Waals surface area contributed by atoms with Gasteiger partial charge in [0.25, 0.3) is 0 Å². The molecule has 2 N–H and O–H groups in total. The van der Waals surface area contributed by atoms with Crippen molar-refractivity contribution in [3.8, 4) is 0 Å². The monoisotopic (exact) mass is 455 g/mol. The van der Waals surface area contributed by atoms with Gasteiger partial charge in [-0.25, -0.2) is 4.98 Å². The van der Waals surface area contributed by atoms with Crippen LogP contribution in [-0.4, -0.2) is 37.2 Å². The molecule has 0 aliphatic rings. The van der Waals surface area contributed by atoms with Crippen LogP contribution in [0.4, 0.5) is 17.2 Å². The van der Waals surface area contributed by atoms with Crippen molar-refractivity contribution in [2.75, 3.05) is 24.9 Å². The molecule has 2 aromatic rings. The first-order valence-electron chi connectivity index (χ1n) is 11.4. The van der Waals surface area contributed by atoms with Crippen LogP contribution < -0.4 is 10.6 Å². The van der Waals surface area contributed by atoms with Gasteiger partial charge in [-0.15, -0.1) is 0 Å². The zero-order chi connectivity index (χ0) is 24.7. The van der Waals surface area contributed by atoms with Gasteiger partial charge in [-0.2, -0.15) is 0 Å². The summed E-state index contributed by atoms with van der Waals surface area (Å²) < 4.78 is 9.81. The zero-order valence-electron chi connectivity index (χ0n) is 21.1. The lowest BCUT2D eigenvalue weighted by Gasteiger charge is -2.24. The van der Waals surface area contributed by atoms with Crippen LogP contribution in [-0.2, 0) is 25.5 Å². The molecule has 1 aromatic heterocycles. The molecule has 2 rings (SSSR count). The van der Waals surface area contributed by atoms with Gasteiger partial charge in [-0.1, -0.05) is 31.5 Å². The molecule has 0 amide bonds. The van der Waals surface area contributed by atoms with Gasteiger partial charge in [-0.3, -0.25) is 9.59 Å². The molecule has 1 heterocycles. The number of carbonyl (C=O) groups is 2. The maximum absolute atomic E-state index is 12.5. The summed E-state index contributed by atoms with van der Waals surface area (Å²) in [6.07, 6.45) is 1.97. The van der Waals surface area contributed by atoms with Crippen molar-refractivity contribution in [3.63, 3.8) is 0 Å². The number of anilines is 3. The van der Waals surface area contributed by atoms with E-state index in [-0.39, 0.29) is 12.5 Å². The molecule has 0 fully saturated rings. The van der Waals surface area contributed by atoms with Gasteiger partial charge in [0, 0.05) is 35.1 Å². The van der Waals surface area contributed by atoms with Gasteiger partial charge >= 0.3 is 11.9 Å². The van der Waals surface area contributed by atoms with Crippen LogP contribution >= 0.6 is 0 Å². The van der Waals surface area contributed by atoms with Gasteiger partial charge in [0.2, 0.25) is 0 Å². The van der Waals surface area contributed by atoms with Crippen molar-refractivity contribution in [1.82, 2.24) is 4.98 Å². The van der Waals surface area contributed by atoms with E-state index >= 15 is 0 Å². The Balaban J connectivity index is 2.66. The molecule has 7 nitrogen and oxygen atoms in total. The molecule has 0 unspecified atom stereocenters. The number of ether oxygens (including phenoxy) is 2. The molecular weight excluding hydrogens is 418 g/mol. The van der Waals surface area contributed by atoms with Gasteiger partial charge < -0.3 is 20.1 Å². The van der Waals surface area contributed by atoms with Crippen LogP contribution in [0.2, 0.25) is 0 Å². The van der Waals surface area contributed by atoms with Crippen molar-refractivity contribution >= 4 is 29.1 Å². The molecule has 33 heavy (non-hydrogen) atoms. The first kappa shape index (κ1) is 26.2.